The number of ether oxygens (including phenoxy) is 1. The summed E-state index contributed by atoms with van der Waals surface area (Å²) in [6.45, 7) is 3.81. The molecule has 6 nitrogen and oxygen atoms in total. The van der Waals surface area contributed by atoms with Crippen LogP contribution >= 0.6 is 0 Å². The molecule has 0 saturated carbocycles. The van der Waals surface area contributed by atoms with Crippen LogP contribution in [0.3, 0.4) is 0 Å². The number of carbonyl (C=O) groups excluding carboxylic acids is 1. The number of benzene rings is 4. The van der Waals surface area contributed by atoms with Gasteiger partial charge in [0.2, 0.25) is 0 Å². The summed E-state index contributed by atoms with van der Waals surface area (Å²) in [6.07, 6.45) is 1.35. The number of rotatable bonds is 6. The Hall–Kier alpha value is -3.97. The van der Waals surface area contributed by atoms with Crippen LogP contribution in [0.4, 0.5) is 0 Å². The second-order valence-corrected chi connectivity index (χ2v) is 9.28. The molecule has 0 radical (unpaired) electrons. The largest absolute Gasteiger partial charge is 0.422 e. The lowest BCUT2D eigenvalue weighted by Crippen LogP contribution is -2.18. The van der Waals surface area contributed by atoms with Crippen molar-refractivity contribution < 1.29 is 17.9 Å². The van der Waals surface area contributed by atoms with E-state index in [0.29, 0.717) is 11.1 Å². The molecule has 0 atom stereocenters. The maximum atomic E-state index is 12.7. The zero-order valence-electron chi connectivity index (χ0n) is 18.1. The third-order valence-corrected chi connectivity index (χ3v) is 6.36. The number of hydrogen-bond acceptors (Lipinski definition) is 5. The molecule has 33 heavy (non-hydrogen) atoms. The molecule has 0 aromatic heterocycles. The van der Waals surface area contributed by atoms with Gasteiger partial charge < -0.3 is 4.74 Å². The molecule has 0 heterocycles. The van der Waals surface area contributed by atoms with Crippen molar-refractivity contribution in [1.29, 1.82) is 0 Å². The van der Waals surface area contributed by atoms with E-state index in [9.17, 15) is 13.2 Å². The summed E-state index contributed by atoms with van der Waals surface area (Å²) in [6, 6.07) is 24.5. The smallest absolute Gasteiger partial charge is 0.343 e. The Bertz CT molecular complexity index is 1440. The van der Waals surface area contributed by atoms with E-state index < -0.39 is 16.0 Å². The van der Waals surface area contributed by atoms with E-state index in [4.69, 9.17) is 4.74 Å². The lowest BCUT2D eigenvalue weighted by Gasteiger charge is -2.11. The molecule has 1 N–H and O–H groups in total. The van der Waals surface area contributed by atoms with Gasteiger partial charge in [0, 0.05) is 5.56 Å². The van der Waals surface area contributed by atoms with Gasteiger partial charge in [-0.3, -0.25) is 0 Å². The fourth-order valence-corrected chi connectivity index (χ4v) is 4.07. The van der Waals surface area contributed by atoms with Gasteiger partial charge in [0.15, 0.2) is 0 Å². The maximum Gasteiger partial charge on any atom is 0.343 e. The van der Waals surface area contributed by atoms with Gasteiger partial charge in [0.05, 0.1) is 16.7 Å². The molecular formula is C26H22N2O4S. The number of hydrazone groups is 1. The molecule has 0 saturated heterocycles. The fraction of sp³-hybridized carbons (Fsp3) is 0.0769. The van der Waals surface area contributed by atoms with Gasteiger partial charge in [-0.2, -0.15) is 13.5 Å². The molecule has 0 aliphatic rings. The van der Waals surface area contributed by atoms with E-state index in [2.05, 4.69) is 9.93 Å². The van der Waals surface area contributed by atoms with E-state index >= 15 is 0 Å². The van der Waals surface area contributed by atoms with E-state index in [0.717, 1.165) is 21.9 Å². The van der Waals surface area contributed by atoms with Gasteiger partial charge in [0.25, 0.3) is 10.0 Å². The lowest BCUT2D eigenvalue weighted by atomic mass is 10.0. The van der Waals surface area contributed by atoms with Crippen LogP contribution < -0.4 is 9.57 Å². The standard InChI is InChI=1S/C26H22N2O4S/c1-18-7-11-21(12-8-18)26(29)32-25-16-13-20-5-3-4-6-23(20)24(25)17-27-28-33(30,31)22-14-9-19(2)10-15-22/h3-17,28H,1-2H3/b27-17+. The Morgan fingerprint density at radius 1 is 0.848 bits per heavy atom. The highest BCUT2D eigenvalue weighted by molar-refractivity contribution is 7.89. The summed E-state index contributed by atoms with van der Waals surface area (Å²) in [5, 5.41) is 5.63. The molecule has 4 aromatic carbocycles. The van der Waals surface area contributed by atoms with Crippen LogP contribution in [0.5, 0.6) is 5.75 Å². The molecule has 0 amide bonds. The summed E-state index contributed by atoms with van der Waals surface area (Å²) in [5.41, 5.74) is 2.89. The van der Waals surface area contributed by atoms with E-state index in [1.807, 2.05) is 56.3 Å². The Balaban J connectivity index is 1.65. The molecule has 0 aliphatic carbocycles. The number of sulfonamides is 1. The predicted octanol–water partition coefficient (Wildman–Crippen LogP) is 4.99. The first kappa shape index (κ1) is 22.2. The molecule has 0 spiro atoms. The van der Waals surface area contributed by atoms with Crippen LogP contribution in [-0.4, -0.2) is 20.6 Å². The topological polar surface area (TPSA) is 84.8 Å². The maximum absolute atomic E-state index is 12.7. The van der Waals surface area contributed by atoms with Crippen LogP contribution in [0.2, 0.25) is 0 Å². The highest BCUT2D eigenvalue weighted by Gasteiger charge is 2.15. The number of hydrogen-bond donors (Lipinski definition) is 1. The van der Waals surface area contributed by atoms with Crippen molar-refractivity contribution in [3.05, 3.63) is 107 Å². The van der Waals surface area contributed by atoms with Crippen LogP contribution in [-0.2, 0) is 10.0 Å². The van der Waals surface area contributed by atoms with Crippen LogP contribution in [0.25, 0.3) is 10.8 Å². The highest BCUT2D eigenvalue weighted by atomic mass is 32.2. The first-order valence-electron chi connectivity index (χ1n) is 10.3. The van der Waals surface area contributed by atoms with E-state index in [-0.39, 0.29) is 10.6 Å². The summed E-state index contributed by atoms with van der Waals surface area (Å²) < 4.78 is 30.8. The molecule has 4 aromatic rings. The monoisotopic (exact) mass is 458 g/mol. The van der Waals surface area contributed by atoms with Crippen LogP contribution in [0.1, 0.15) is 27.0 Å². The van der Waals surface area contributed by atoms with Crippen molar-refractivity contribution in [3.8, 4) is 5.75 Å². The van der Waals surface area contributed by atoms with Crippen LogP contribution in [0, 0.1) is 13.8 Å². The Labute approximate surface area is 192 Å². The second-order valence-electron chi connectivity index (χ2n) is 7.62. The zero-order chi connectivity index (χ0) is 23.4. The first-order chi connectivity index (χ1) is 15.8. The van der Waals surface area contributed by atoms with Gasteiger partial charge in [0.1, 0.15) is 5.75 Å². The number of aryl methyl sites for hydroxylation is 2. The third kappa shape index (κ3) is 5.10. The average Bonchev–Trinajstić information content (AvgIpc) is 2.81. The van der Waals surface area contributed by atoms with Crippen molar-refractivity contribution in [3.63, 3.8) is 0 Å². The van der Waals surface area contributed by atoms with E-state index in [1.54, 1.807) is 30.3 Å². The SMILES string of the molecule is Cc1ccc(C(=O)Oc2ccc3ccccc3c2/C=N/NS(=O)(=O)c2ccc(C)cc2)cc1. The van der Waals surface area contributed by atoms with Crippen molar-refractivity contribution in [2.24, 2.45) is 5.10 Å². The summed E-state index contributed by atoms with van der Waals surface area (Å²) in [4.78, 5) is 15.0. The molecule has 7 heteroatoms. The minimum Gasteiger partial charge on any atom is -0.422 e. The van der Waals surface area contributed by atoms with Gasteiger partial charge in [-0.15, -0.1) is 0 Å². The molecule has 4 rings (SSSR count). The number of nitrogens with zero attached hydrogens (tertiary/aromatic N) is 1. The van der Waals surface area contributed by atoms with Gasteiger partial charge in [-0.1, -0.05) is 65.7 Å². The minimum atomic E-state index is -3.84. The van der Waals surface area contributed by atoms with Crippen molar-refractivity contribution in [2.45, 2.75) is 18.7 Å². The molecular weight excluding hydrogens is 436 g/mol. The predicted molar refractivity (Wildman–Crippen MR) is 129 cm³/mol. The molecule has 0 unspecified atom stereocenters. The van der Waals surface area contributed by atoms with Gasteiger partial charge >= 0.3 is 5.97 Å². The average molecular weight is 459 g/mol. The fourth-order valence-electron chi connectivity index (χ4n) is 3.28. The molecule has 0 fully saturated rings. The number of nitrogens with one attached hydrogen (secondary N) is 1. The lowest BCUT2D eigenvalue weighted by molar-refractivity contribution is 0.0734. The number of fused-ring (bicyclic) bond motifs is 1. The summed E-state index contributed by atoms with van der Waals surface area (Å²) >= 11 is 0. The van der Waals surface area contributed by atoms with Crippen molar-refractivity contribution in [1.82, 2.24) is 4.83 Å². The Morgan fingerprint density at radius 3 is 2.18 bits per heavy atom. The Morgan fingerprint density at radius 2 is 1.48 bits per heavy atom. The number of carbonyl (C=O) groups is 1. The summed E-state index contributed by atoms with van der Waals surface area (Å²) in [5.74, 6) is -0.238. The quantitative estimate of drug-likeness (QED) is 0.191. The first-order valence-corrected chi connectivity index (χ1v) is 11.7. The van der Waals surface area contributed by atoms with Gasteiger partial charge in [-0.25, -0.2) is 9.63 Å². The van der Waals surface area contributed by atoms with Gasteiger partial charge in [-0.05, 0) is 55.0 Å². The third-order valence-electron chi connectivity index (χ3n) is 5.12. The van der Waals surface area contributed by atoms with Crippen LogP contribution in [0.15, 0.2) is 94.9 Å². The van der Waals surface area contributed by atoms with E-state index in [1.165, 1.54) is 18.3 Å². The molecule has 0 bridgehead atoms. The minimum absolute atomic E-state index is 0.106. The Kier molecular flexibility index (Phi) is 6.24. The number of esters is 1. The molecule has 0 aliphatic heterocycles. The molecule has 166 valence electrons. The summed E-state index contributed by atoms with van der Waals surface area (Å²) in [7, 11) is -3.84. The van der Waals surface area contributed by atoms with Crippen molar-refractivity contribution >= 4 is 33.0 Å². The highest BCUT2D eigenvalue weighted by Crippen LogP contribution is 2.27. The zero-order valence-corrected chi connectivity index (χ0v) is 19.0. The second kappa shape index (κ2) is 9.26. The van der Waals surface area contributed by atoms with Crippen molar-refractivity contribution in [2.75, 3.05) is 0 Å². The normalized spacial score (nSPS) is 11.6.